The van der Waals surface area contributed by atoms with Crippen LogP contribution in [0.15, 0.2) is 30.5 Å². The number of amides is 1. The number of nitrogens with two attached hydrogens (primary N) is 1. The van der Waals surface area contributed by atoms with Crippen LogP contribution in [0.4, 0.5) is 10.7 Å². The van der Waals surface area contributed by atoms with Crippen LogP contribution in [-0.2, 0) is 4.74 Å². The second kappa shape index (κ2) is 11.4. The van der Waals surface area contributed by atoms with Crippen LogP contribution in [0.25, 0.3) is 22.0 Å². The van der Waals surface area contributed by atoms with E-state index in [4.69, 9.17) is 43.1 Å². The molecule has 1 aliphatic rings. The molecule has 1 aromatic heterocycles. The van der Waals surface area contributed by atoms with Gasteiger partial charge in [0.1, 0.15) is 17.1 Å². The lowest BCUT2D eigenvalue weighted by atomic mass is 10.0. The standard InChI is InChI=1S/C27H33Cl2N5O4/c1-6-37-21-11-20(36-5)23(28)22(24(21)29)15-7-8-19-16(9-15)13-31-25(33-19)32-17-10-18(12-30)34(14-17)26(35)38-27(2,3)4/h7-9,11,13,17-18H,6,10,12,14,30H2,1-5H3,(H,31,32,33). The maximum Gasteiger partial charge on any atom is 0.410 e. The van der Waals surface area contributed by atoms with Gasteiger partial charge in [0.05, 0.1) is 29.3 Å². The van der Waals surface area contributed by atoms with E-state index in [9.17, 15) is 4.79 Å². The smallest absolute Gasteiger partial charge is 0.410 e. The molecule has 1 amide bonds. The Hall–Kier alpha value is -3.01. The monoisotopic (exact) mass is 561 g/mol. The molecular weight excluding hydrogens is 529 g/mol. The number of methoxy groups -OCH3 is 1. The highest BCUT2D eigenvalue weighted by Gasteiger charge is 2.37. The molecule has 9 nitrogen and oxygen atoms in total. The SMILES string of the molecule is CCOc1cc(OC)c(Cl)c(-c2ccc3nc(NC4CC(CN)N(C(=O)OC(C)(C)C)C4)ncc3c2)c1Cl. The van der Waals surface area contributed by atoms with Crippen molar-refractivity contribution in [2.24, 2.45) is 5.73 Å². The minimum atomic E-state index is -0.577. The predicted octanol–water partition coefficient (Wildman–Crippen LogP) is 5.76. The van der Waals surface area contributed by atoms with Crippen molar-refractivity contribution in [2.75, 3.05) is 32.1 Å². The molecule has 0 bridgehead atoms. The Kier molecular flexibility index (Phi) is 8.40. The maximum atomic E-state index is 12.7. The fourth-order valence-electron chi connectivity index (χ4n) is 4.48. The number of hydrogen-bond donors (Lipinski definition) is 2. The molecule has 4 rings (SSSR count). The average molecular weight is 562 g/mol. The third kappa shape index (κ3) is 6.00. The zero-order chi connectivity index (χ0) is 27.6. The zero-order valence-electron chi connectivity index (χ0n) is 22.2. The summed E-state index contributed by atoms with van der Waals surface area (Å²) in [6, 6.07) is 7.21. The second-order valence-electron chi connectivity index (χ2n) is 10.1. The summed E-state index contributed by atoms with van der Waals surface area (Å²) in [6.07, 6.45) is 2.04. The van der Waals surface area contributed by atoms with Crippen molar-refractivity contribution in [3.63, 3.8) is 0 Å². The fourth-order valence-corrected chi connectivity index (χ4v) is 5.18. The third-order valence-corrected chi connectivity index (χ3v) is 6.92. The number of ether oxygens (including phenoxy) is 3. The molecule has 2 unspecified atom stereocenters. The second-order valence-corrected chi connectivity index (χ2v) is 10.8. The van der Waals surface area contributed by atoms with E-state index in [1.807, 2.05) is 45.9 Å². The number of likely N-dealkylation sites (tertiary alicyclic amines) is 1. The Labute approximate surface area is 232 Å². The van der Waals surface area contributed by atoms with Crippen LogP contribution in [-0.4, -0.2) is 65.5 Å². The first kappa shape index (κ1) is 28.0. The molecule has 38 heavy (non-hydrogen) atoms. The molecule has 0 spiro atoms. The molecule has 3 N–H and O–H groups in total. The number of rotatable bonds is 7. The molecule has 2 atom stereocenters. The first-order chi connectivity index (χ1) is 18.0. The summed E-state index contributed by atoms with van der Waals surface area (Å²) in [6.45, 7) is 8.66. The molecule has 1 aliphatic heterocycles. The molecule has 1 saturated heterocycles. The third-order valence-electron chi connectivity index (χ3n) is 6.17. The minimum absolute atomic E-state index is 0.0563. The van der Waals surface area contributed by atoms with Crippen LogP contribution < -0.4 is 20.5 Å². The minimum Gasteiger partial charge on any atom is -0.495 e. The van der Waals surface area contributed by atoms with Gasteiger partial charge in [0.25, 0.3) is 0 Å². The van der Waals surface area contributed by atoms with E-state index in [-0.39, 0.29) is 18.2 Å². The van der Waals surface area contributed by atoms with Gasteiger partial charge in [0, 0.05) is 48.4 Å². The average Bonchev–Trinajstić information content (AvgIpc) is 3.28. The quantitative estimate of drug-likeness (QED) is 0.374. The van der Waals surface area contributed by atoms with Crippen molar-refractivity contribution in [3.8, 4) is 22.6 Å². The van der Waals surface area contributed by atoms with Gasteiger partial charge in [0.15, 0.2) is 0 Å². The highest BCUT2D eigenvalue weighted by atomic mass is 35.5. The highest BCUT2D eigenvalue weighted by Crippen LogP contribution is 2.46. The van der Waals surface area contributed by atoms with Crippen molar-refractivity contribution >= 4 is 46.1 Å². The number of carbonyl (C=O) groups excluding carboxylic acids is 1. The first-order valence-electron chi connectivity index (χ1n) is 12.5. The summed E-state index contributed by atoms with van der Waals surface area (Å²) in [7, 11) is 1.55. The molecule has 204 valence electrons. The molecule has 0 radical (unpaired) electrons. The van der Waals surface area contributed by atoms with E-state index in [1.165, 1.54) is 0 Å². The van der Waals surface area contributed by atoms with Gasteiger partial charge in [-0.15, -0.1) is 0 Å². The van der Waals surface area contributed by atoms with E-state index in [0.717, 1.165) is 16.5 Å². The van der Waals surface area contributed by atoms with Crippen LogP contribution in [0, 0.1) is 0 Å². The van der Waals surface area contributed by atoms with Crippen LogP contribution in [0.5, 0.6) is 11.5 Å². The molecular formula is C27H33Cl2N5O4. The Morgan fingerprint density at radius 2 is 1.95 bits per heavy atom. The number of fused-ring (bicyclic) bond motifs is 1. The Balaban J connectivity index is 1.57. The number of aromatic nitrogens is 2. The summed E-state index contributed by atoms with van der Waals surface area (Å²) in [5, 5.41) is 4.95. The van der Waals surface area contributed by atoms with Crippen molar-refractivity contribution < 1.29 is 19.0 Å². The first-order valence-corrected chi connectivity index (χ1v) is 13.2. The van der Waals surface area contributed by atoms with Gasteiger partial charge < -0.3 is 30.2 Å². The number of hydrogen-bond acceptors (Lipinski definition) is 8. The Morgan fingerprint density at radius 3 is 2.61 bits per heavy atom. The van der Waals surface area contributed by atoms with Gasteiger partial charge >= 0.3 is 6.09 Å². The molecule has 2 heterocycles. The van der Waals surface area contributed by atoms with E-state index in [0.29, 0.717) is 59.2 Å². The van der Waals surface area contributed by atoms with Gasteiger partial charge in [-0.2, -0.15) is 0 Å². The number of nitrogens with one attached hydrogen (secondary N) is 1. The predicted molar refractivity (Wildman–Crippen MR) is 151 cm³/mol. The lowest BCUT2D eigenvalue weighted by Gasteiger charge is -2.27. The van der Waals surface area contributed by atoms with E-state index in [2.05, 4.69) is 15.3 Å². The maximum absolute atomic E-state index is 12.7. The number of carbonyl (C=O) groups is 1. The van der Waals surface area contributed by atoms with Crippen molar-refractivity contribution in [3.05, 3.63) is 40.5 Å². The van der Waals surface area contributed by atoms with E-state index >= 15 is 0 Å². The van der Waals surface area contributed by atoms with Crippen LogP contribution in [0.2, 0.25) is 10.0 Å². The Morgan fingerprint density at radius 1 is 1.21 bits per heavy atom. The van der Waals surface area contributed by atoms with Crippen molar-refractivity contribution in [1.82, 2.24) is 14.9 Å². The largest absolute Gasteiger partial charge is 0.495 e. The number of nitrogens with zero attached hydrogens (tertiary/aromatic N) is 3. The van der Waals surface area contributed by atoms with Gasteiger partial charge in [-0.1, -0.05) is 29.3 Å². The molecule has 11 heteroatoms. The summed E-state index contributed by atoms with van der Waals surface area (Å²) in [4.78, 5) is 23.5. The van der Waals surface area contributed by atoms with Gasteiger partial charge in [0.2, 0.25) is 5.95 Å². The molecule has 0 aliphatic carbocycles. The van der Waals surface area contributed by atoms with Crippen LogP contribution in [0.1, 0.15) is 34.1 Å². The molecule has 1 fully saturated rings. The van der Waals surface area contributed by atoms with E-state index < -0.39 is 5.60 Å². The lowest BCUT2D eigenvalue weighted by molar-refractivity contribution is 0.0231. The van der Waals surface area contributed by atoms with Gasteiger partial charge in [-0.25, -0.2) is 14.8 Å². The topological polar surface area (TPSA) is 112 Å². The lowest BCUT2D eigenvalue weighted by Crippen LogP contribution is -2.43. The van der Waals surface area contributed by atoms with E-state index in [1.54, 1.807) is 24.3 Å². The summed E-state index contributed by atoms with van der Waals surface area (Å²) >= 11 is 13.3. The zero-order valence-corrected chi connectivity index (χ0v) is 23.7. The number of halogens is 2. The fraction of sp³-hybridized carbons (Fsp3) is 0.444. The molecule has 2 aromatic carbocycles. The van der Waals surface area contributed by atoms with Gasteiger partial charge in [-0.05, 0) is 51.8 Å². The summed E-state index contributed by atoms with van der Waals surface area (Å²) in [5.41, 5.74) is 7.50. The summed E-state index contributed by atoms with van der Waals surface area (Å²) < 4.78 is 16.7. The van der Waals surface area contributed by atoms with Crippen molar-refractivity contribution in [1.29, 1.82) is 0 Å². The highest BCUT2D eigenvalue weighted by molar-refractivity contribution is 6.41. The normalized spacial score (nSPS) is 17.5. The number of anilines is 1. The van der Waals surface area contributed by atoms with Crippen molar-refractivity contribution in [2.45, 2.75) is 51.8 Å². The molecule has 0 saturated carbocycles. The van der Waals surface area contributed by atoms with Crippen LogP contribution >= 0.6 is 23.2 Å². The summed E-state index contributed by atoms with van der Waals surface area (Å²) in [5.74, 6) is 1.43. The number of benzene rings is 2. The molecule has 3 aromatic rings. The Bertz CT molecular complexity index is 1330. The van der Waals surface area contributed by atoms with Gasteiger partial charge in [-0.3, -0.25) is 0 Å². The van der Waals surface area contributed by atoms with Crippen LogP contribution in [0.3, 0.4) is 0 Å².